The highest BCUT2D eigenvalue weighted by Gasteiger charge is 2.58. The number of benzene rings is 1. The molecule has 0 bridgehead atoms. The maximum absolute atomic E-state index is 13.1. The quantitative estimate of drug-likeness (QED) is 0.925. The van der Waals surface area contributed by atoms with Crippen LogP contribution in [0.2, 0.25) is 0 Å². The third-order valence-electron chi connectivity index (χ3n) is 5.24. The fourth-order valence-electron chi connectivity index (χ4n) is 4.35. The Morgan fingerprint density at radius 3 is 2.67 bits per heavy atom. The highest BCUT2D eigenvalue weighted by molar-refractivity contribution is 5.95. The summed E-state index contributed by atoms with van der Waals surface area (Å²) in [6.45, 7) is 4.81. The summed E-state index contributed by atoms with van der Waals surface area (Å²) in [5.41, 5.74) is -0.0246. The lowest BCUT2D eigenvalue weighted by Gasteiger charge is -2.39. The van der Waals surface area contributed by atoms with Gasteiger partial charge in [-0.15, -0.1) is 0 Å². The van der Waals surface area contributed by atoms with Crippen LogP contribution >= 0.6 is 0 Å². The van der Waals surface area contributed by atoms with Gasteiger partial charge in [0, 0.05) is 25.6 Å². The second-order valence-corrected chi connectivity index (χ2v) is 7.45. The van der Waals surface area contributed by atoms with Gasteiger partial charge >= 0.3 is 0 Å². The van der Waals surface area contributed by atoms with Gasteiger partial charge < -0.3 is 15.0 Å². The van der Waals surface area contributed by atoms with E-state index in [1.807, 2.05) is 49.1 Å². The van der Waals surface area contributed by atoms with Gasteiger partial charge in [-0.05, 0) is 38.8 Å². The molecule has 2 saturated heterocycles. The molecule has 1 aromatic carbocycles. The van der Waals surface area contributed by atoms with Crippen molar-refractivity contribution in [2.45, 2.75) is 56.8 Å². The highest BCUT2D eigenvalue weighted by atomic mass is 16.5. The van der Waals surface area contributed by atoms with Crippen molar-refractivity contribution in [2.75, 3.05) is 13.6 Å². The zero-order valence-corrected chi connectivity index (χ0v) is 14.7. The Morgan fingerprint density at radius 1 is 1.29 bits per heavy atom. The second kappa shape index (κ2) is 6.20. The Balaban J connectivity index is 1.93. The number of amides is 2. The van der Waals surface area contributed by atoms with Crippen LogP contribution < -0.4 is 5.32 Å². The molecule has 2 heterocycles. The van der Waals surface area contributed by atoms with Crippen LogP contribution in [0.5, 0.6) is 0 Å². The Bertz CT molecular complexity index is 629. The third-order valence-corrected chi connectivity index (χ3v) is 5.24. The number of nitrogens with zero attached hydrogens (tertiary/aromatic N) is 1. The van der Waals surface area contributed by atoms with E-state index in [1.165, 1.54) is 0 Å². The van der Waals surface area contributed by atoms with E-state index in [4.69, 9.17) is 4.74 Å². The van der Waals surface area contributed by atoms with Crippen molar-refractivity contribution in [1.82, 2.24) is 10.2 Å². The van der Waals surface area contributed by atoms with Crippen LogP contribution in [-0.4, -0.2) is 47.6 Å². The maximum atomic E-state index is 13.1. The molecule has 0 aliphatic carbocycles. The SMILES string of the molecule is CNC(=O)C[C@@H]1OC(C)(C)C[C@]12CCCN2C(=O)c1ccccc1. The summed E-state index contributed by atoms with van der Waals surface area (Å²) >= 11 is 0. The first-order valence-electron chi connectivity index (χ1n) is 8.63. The molecule has 1 N–H and O–H groups in total. The smallest absolute Gasteiger partial charge is 0.254 e. The number of likely N-dealkylation sites (tertiary alicyclic amines) is 1. The molecule has 1 spiro atoms. The predicted molar refractivity (Wildman–Crippen MR) is 91.7 cm³/mol. The molecule has 0 unspecified atom stereocenters. The molecule has 3 rings (SSSR count). The highest BCUT2D eigenvalue weighted by Crippen LogP contribution is 2.49. The van der Waals surface area contributed by atoms with Crippen molar-refractivity contribution in [2.24, 2.45) is 0 Å². The zero-order chi connectivity index (χ0) is 17.4. The number of carbonyl (C=O) groups is 2. The molecule has 2 amide bonds. The van der Waals surface area contributed by atoms with Crippen molar-refractivity contribution in [1.29, 1.82) is 0 Å². The molecule has 24 heavy (non-hydrogen) atoms. The van der Waals surface area contributed by atoms with Gasteiger partial charge in [0.2, 0.25) is 5.91 Å². The second-order valence-electron chi connectivity index (χ2n) is 7.45. The van der Waals surface area contributed by atoms with Crippen molar-refractivity contribution < 1.29 is 14.3 Å². The third kappa shape index (κ3) is 2.93. The van der Waals surface area contributed by atoms with Gasteiger partial charge in [0.1, 0.15) is 0 Å². The molecule has 5 nitrogen and oxygen atoms in total. The predicted octanol–water partition coefficient (Wildman–Crippen LogP) is 2.36. The topological polar surface area (TPSA) is 58.6 Å². The molecule has 2 aliphatic heterocycles. The number of nitrogens with one attached hydrogen (secondary N) is 1. The minimum Gasteiger partial charge on any atom is -0.369 e. The van der Waals surface area contributed by atoms with Crippen LogP contribution in [0.15, 0.2) is 30.3 Å². The van der Waals surface area contributed by atoms with Gasteiger partial charge in [0.15, 0.2) is 0 Å². The van der Waals surface area contributed by atoms with Gasteiger partial charge in [-0.3, -0.25) is 9.59 Å². The van der Waals surface area contributed by atoms with Crippen LogP contribution in [-0.2, 0) is 9.53 Å². The molecule has 0 radical (unpaired) electrons. The Hall–Kier alpha value is -1.88. The molecule has 2 fully saturated rings. The minimum atomic E-state index is -0.386. The average molecular weight is 330 g/mol. The van der Waals surface area contributed by atoms with E-state index in [0.29, 0.717) is 12.0 Å². The van der Waals surface area contributed by atoms with E-state index >= 15 is 0 Å². The van der Waals surface area contributed by atoms with Gasteiger partial charge in [-0.1, -0.05) is 18.2 Å². The molecule has 2 atom stereocenters. The number of hydrogen-bond acceptors (Lipinski definition) is 3. The fourth-order valence-corrected chi connectivity index (χ4v) is 4.35. The molecule has 5 heteroatoms. The molecule has 130 valence electrons. The van der Waals surface area contributed by atoms with E-state index < -0.39 is 0 Å². The summed E-state index contributed by atoms with van der Waals surface area (Å²) in [6, 6.07) is 9.37. The molecule has 0 aromatic heterocycles. The van der Waals surface area contributed by atoms with Crippen LogP contribution in [0.3, 0.4) is 0 Å². The van der Waals surface area contributed by atoms with Gasteiger partial charge in [-0.2, -0.15) is 0 Å². The number of hydrogen-bond donors (Lipinski definition) is 1. The van der Waals surface area contributed by atoms with Crippen molar-refractivity contribution in [3.8, 4) is 0 Å². The van der Waals surface area contributed by atoms with Crippen LogP contribution in [0.25, 0.3) is 0 Å². The lowest BCUT2D eigenvalue weighted by Crippen LogP contribution is -2.53. The van der Waals surface area contributed by atoms with Gasteiger partial charge in [-0.25, -0.2) is 0 Å². The lowest BCUT2D eigenvalue weighted by atomic mass is 9.82. The van der Waals surface area contributed by atoms with Crippen LogP contribution in [0.1, 0.15) is 49.9 Å². The van der Waals surface area contributed by atoms with Gasteiger partial charge in [0.25, 0.3) is 5.91 Å². The van der Waals surface area contributed by atoms with Crippen molar-refractivity contribution in [3.05, 3.63) is 35.9 Å². The van der Waals surface area contributed by atoms with Crippen LogP contribution in [0, 0.1) is 0 Å². The van der Waals surface area contributed by atoms with E-state index in [9.17, 15) is 9.59 Å². The van der Waals surface area contributed by atoms with Gasteiger partial charge in [0.05, 0.1) is 23.7 Å². The standard InChI is InChI=1S/C19H26N2O3/c1-18(2)13-19(15(24-18)12-16(22)20-3)10-7-11-21(19)17(23)14-8-5-4-6-9-14/h4-6,8-9,15H,7,10-13H2,1-3H3,(H,20,22)/t15-,19+/m0/s1. The fraction of sp³-hybridized carbons (Fsp3) is 0.579. The first kappa shape index (κ1) is 17.0. The molecular weight excluding hydrogens is 304 g/mol. The summed E-state index contributed by atoms with van der Waals surface area (Å²) in [5, 5.41) is 2.68. The van der Waals surface area contributed by atoms with E-state index in [2.05, 4.69) is 5.32 Å². The molecule has 2 aliphatic rings. The minimum absolute atomic E-state index is 0.0382. The zero-order valence-electron chi connectivity index (χ0n) is 14.7. The number of rotatable bonds is 3. The monoisotopic (exact) mass is 330 g/mol. The first-order valence-corrected chi connectivity index (χ1v) is 8.63. The Labute approximate surface area is 143 Å². The van der Waals surface area contributed by atoms with E-state index in [1.54, 1.807) is 7.05 Å². The summed E-state index contributed by atoms with van der Waals surface area (Å²) in [4.78, 5) is 27.0. The van der Waals surface area contributed by atoms with Crippen LogP contribution in [0.4, 0.5) is 0 Å². The Morgan fingerprint density at radius 2 is 2.00 bits per heavy atom. The van der Waals surface area contributed by atoms with E-state index in [-0.39, 0.29) is 29.1 Å². The normalized spacial score (nSPS) is 28.3. The summed E-state index contributed by atoms with van der Waals surface area (Å²) in [6.07, 6.45) is 2.63. The Kier molecular flexibility index (Phi) is 4.38. The average Bonchev–Trinajstić information content (AvgIpc) is 3.08. The summed E-state index contributed by atoms with van der Waals surface area (Å²) in [5.74, 6) is -0.00704. The largest absolute Gasteiger partial charge is 0.369 e. The number of carbonyl (C=O) groups excluding carboxylic acids is 2. The van der Waals surface area contributed by atoms with Crippen molar-refractivity contribution in [3.63, 3.8) is 0 Å². The molecule has 1 aromatic rings. The maximum Gasteiger partial charge on any atom is 0.254 e. The molecular formula is C19H26N2O3. The number of ether oxygens (including phenoxy) is 1. The lowest BCUT2D eigenvalue weighted by molar-refractivity contribution is -0.126. The summed E-state index contributed by atoms with van der Waals surface area (Å²) < 4.78 is 6.22. The van der Waals surface area contributed by atoms with Crippen molar-refractivity contribution >= 4 is 11.8 Å². The summed E-state index contributed by atoms with van der Waals surface area (Å²) in [7, 11) is 1.64. The van der Waals surface area contributed by atoms with E-state index in [0.717, 1.165) is 25.8 Å². The molecule has 0 saturated carbocycles. The first-order chi connectivity index (χ1) is 11.4.